The molecule has 0 saturated heterocycles. The Hall–Kier alpha value is -1.39. The van der Waals surface area contributed by atoms with E-state index in [1.165, 1.54) is 6.20 Å². The molecule has 1 aromatic heterocycles. The normalized spacial score (nSPS) is 13.2. The highest BCUT2D eigenvalue weighted by molar-refractivity contribution is 5.41. The van der Waals surface area contributed by atoms with Crippen molar-refractivity contribution in [1.82, 2.24) is 9.97 Å². The maximum atomic E-state index is 13.6. The van der Waals surface area contributed by atoms with Gasteiger partial charge in [-0.25, -0.2) is 9.37 Å². The molecule has 0 fully saturated rings. The van der Waals surface area contributed by atoms with E-state index in [1.807, 2.05) is 0 Å². The first-order chi connectivity index (χ1) is 8.84. The molecule has 0 bridgehead atoms. The Kier molecular flexibility index (Phi) is 5.51. The van der Waals surface area contributed by atoms with Gasteiger partial charge in [-0.2, -0.15) is 4.98 Å². The summed E-state index contributed by atoms with van der Waals surface area (Å²) in [6.07, 6.45) is 2.18. The van der Waals surface area contributed by atoms with E-state index in [0.717, 1.165) is 13.0 Å². The van der Waals surface area contributed by atoms with E-state index in [4.69, 9.17) is 0 Å². The largest absolute Gasteiger partial charge is 0.367 e. The second-order valence-corrected chi connectivity index (χ2v) is 5.96. The third-order valence-corrected chi connectivity index (χ3v) is 3.33. The summed E-state index contributed by atoms with van der Waals surface area (Å²) in [4.78, 5) is 8.07. The zero-order valence-corrected chi connectivity index (χ0v) is 12.5. The van der Waals surface area contributed by atoms with Gasteiger partial charge >= 0.3 is 0 Å². The van der Waals surface area contributed by atoms with Crippen molar-refractivity contribution >= 4 is 11.8 Å². The predicted molar refractivity (Wildman–Crippen MR) is 77.9 cm³/mol. The highest BCUT2D eigenvalue weighted by atomic mass is 19.1. The smallest absolute Gasteiger partial charge is 0.224 e. The molecule has 0 saturated carbocycles. The van der Waals surface area contributed by atoms with Crippen LogP contribution in [0.5, 0.6) is 0 Å². The fraction of sp³-hybridized carbons (Fsp3) is 0.714. The number of hydrogen-bond donors (Lipinski definition) is 2. The molecule has 0 amide bonds. The maximum Gasteiger partial charge on any atom is 0.224 e. The molecule has 0 aliphatic carbocycles. The number of nitrogens with zero attached hydrogens (tertiary/aromatic N) is 2. The average molecular weight is 268 g/mol. The molecular weight excluding hydrogens is 243 g/mol. The molecule has 0 radical (unpaired) electrons. The minimum atomic E-state index is -0.414. The molecule has 1 aromatic rings. The summed E-state index contributed by atoms with van der Waals surface area (Å²) < 4.78 is 13.6. The molecule has 0 aromatic carbocycles. The van der Waals surface area contributed by atoms with Gasteiger partial charge in [-0.05, 0) is 17.8 Å². The Labute approximate surface area is 115 Å². The second kappa shape index (κ2) is 6.68. The summed E-state index contributed by atoms with van der Waals surface area (Å²) in [6, 6.07) is 0. The third kappa shape index (κ3) is 5.01. The van der Waals surface area contributed by atoms with Gasteiger partial charge < -0.3 is 10.6 Å². The highest BCUT2D eigenvalue weighted by Gasteiger charge is 2.20. The van der Waals surface area contributed by atoms with Crippen molar-refractivity contribution < 1.29 is 4.39 Å². The van der Waals surface area contributed by atoms with Crippen LogP contribution in [0.15, 0.2) is 6.20 Å². The van der Waals surface area contributed by atoms with E-state index in [2.05, 4.69) is 55.2 Å². The topological polar surface area (TPSA) is 49.8 Å². The van der Waals surface area contributed by atoms with Gasteiger partial charge in [-0.1, -0.05) is 34.6 Å². The fourth-order valence-corrected chi connectivity index (χ4v) is 1.37. The van der Waals surface area contributed by atoms with Gasteiger partial charge in [0.15, 0.2) is 11.6 Å². The lowest BCUT2D eigenvalue weighted by atomic mass is 9.82. The zero-order chi connectivity index (χ0) is 14.5. The van der Waals surface area contributed by atoms with E-state index >= 15 is 0 Å². The third-order valence-electron chi connectivity index (χ3n) is 3.33. The van der Waals surface area contributed by atoms with Gasteiger partial charge in [-0.3, -0.25) is 0 Å². The van der Waals surface area contributed by atoms with Crippen LogP contribution in [0, 0.1) is 17.2 Å². The number of nitrogens with one attached hydrogen (secondary N) is 2. The van der Waals surface area contributed by atoms with Gasteiger partial charge in [0.25, 0.3) is 0 Å². The van der Waals surface area contributed by atoms with Gasteiger partial charge in [0.2, 0.25) is 5.95 Å². The maximum absolute atomic E-state index is 13.6. The molecule has 19 heavy (non-hydrogen) atoms. The van der Waals surface area contributed by atoms with Crippen molar-refractivity contribution in [2.75, 3.05) is 23.7 Å². The van der Waals surface area contributed by atoms with Gasteiger partial charge in [0, 0.05) is 13.1 Å². The summed E-state index contributed by atoms with van der Waals surface area (Å²) in [7, 11) is 0. The predicted octanol–water partition coefficient (Wildman–Crippen LogP) is 3.53. The Morgan fingerprint density at radius 1 is 1.32 bits per heavy atom. The monoisotopic (exact) mass is 268 g/mol. The first-order valence-electron chi connectivity index (χ1n) is 6.85. The van der Waals surface area contributed by atoms with E-state index in [1.54, 1.807) is 0 Å². The van der Waals surface area contributed by atoms with Crippen LogP contribution in [-0.4, -0.2) is 23.1 Å². The molecular formula is C14H25FN4. The number of halogens is 1. The average Bonchev–Trinajstić information content (AvgIpc) is 2.34. The first-order valence-corrected chi connectivity index (χ1v) is 6.85. The Bertz CT molecular complexity index is 401. The fourth-order valence-electron chi connectivity index (χ4n) is 1.37. The molecule has 5 heteroatoms. The molecule has 1 rings (SSSR count). The molecule has 1 heterocycles. The standard InChI is InChI=1S/C14H25FN4/c1-6-7-16-13-18-9-11(15)12(19-13)17-8-10(2)14(3,4)5/h9-10H,6-8H2,1-5H3,(H2,16,17,18,19). The van der Waals surface area contributed by atoms with E-state index in [9.17, 15) is 4.39 Å². The van der Waals surface area contributed by atoms with Crippen molar-refractivity contribution in [3.63, 3.8) is 0 Å². The van der Waals surface area contributed by atoms with E-state index in [0.29, 0.717) is 18.4 Å². The number of aromatic nitrogens is 2. The lowest BCUT2D eigenvalue weighted by Gasteiger charge is -2.27. The van der Waals surface area contributed by atoms with Crippen molar-refractivity contribution in [3.8, 4) is 0 Å². The molecule has 0 aliphatic rings. The molecule has 4 nitrogen and oxygen atoms in total. The molecule has 1 atom stereocenters. The molecule has 0 spiro atoms. The van der Waals surface area contributed by atoms with Gasteiger partial charge in [-0.15, -0.1) is 0 Å². The molecule has 108 valence electrons. The van der Waals surface area contributed by atoms with Crippen LogP contribution in [0.2, 0.25) is 0 Å². The zero-order valence-electron chi connectivity index (χ0n) is 12.5. The van der Waals surface area contributed by atoms with Gasteiger partial charge in [0.1, 0.15) is 0 Å². The molecule has 0 aliphatic heterocycles. The quantitative estimate of drug-likeness (QED) is 0.828. The van der Waals surface area contributed by atoms with Crippen LogP contribution in [0.3, 0.4) is 0 Å². The van der Waals surface area contributed by atoms with Crippen LogP contribution in [0.4, 0.5) is 16.2 Å². The number of anilines is 2. The second-order valence-electron chi connectivity index (χ2n) is 5.96. The lowest BCUT2D eigenvalue weighted by molar-refractivity contribution is 0.274. The van der Waals surface area contributed by atoms with Crippen LogP contribution in [0.25, 0.3) is 0 Å². The summed E-state index contributed by atoms with van der Waals surface area (Å²) in [6.45, 7) is 12.2. The van der Waals surface area contributed by atoms with E-state index < -0.39 is 5.82 Å². The summed E-state index contributed by atoms with van der Waals surface area (Å²) >= 11 is 0. The Morgan fingerprint density at radius 2 is 2.00 bits per heavy atom. The van der Waals surface area contributed by atoms with Crippen molar-refractivity contribution in [2.45, 2.75) is 41.0 Å². The van der Waals surface area contributed by atoms with Crippen molar-refractivity contribution in [1.29, 1.82) is 0 Å². The van der Waals surface area contributed by atoms with Crippen LogP contribution >= 0.6 is 0 Å². The Balaban J connectivity index is 2.66. The first kappa shape index (κ1) is 15.7. The number of hydrogen-bond acceptors (Lipinski definition) is 4. The van der Waals surface area contributed by atoms with Crippen LogP contribution in [-0.2, 0) is 0 Å². The summed E-state index contributed by atoms with van der Waals surface area (Å²) in [5, 5.41) is 6.12. The molecule has 2 N–H and O–H groups in total. The van der Waals surface area contributed by atoms with Crippen molar-refractivity contribution in [2.24, 2.45) is 11.3 Å². The minimum Gasteiger partial charge on any atom is -0.367 e. The van der Waals surface area contributed by atoms with E-state index in [-0.39, 0.29) is 11.2 Å². The van der Waals surface area contributed by atoms with Crippen LogP contribution < -0.4 is 10.6 Å². The Morgan fingerprint density at radius 3 is 2.58 bits per heavy atom. The summed E-state index contributed by atoms with van der Waals surface area (Å²) in [5.41, 5.74) is 0.180. The molecule has 1 unspecified atom stereocenters. The number of rotatable bonds is 6. The lowest BCUT2D eigenvalue weighted by Crippen LogP contribution is -2.25. The minimum absolute atomic E-state index is 0.180. The van der Waals surface area contributed by atoms with Crippen molar-refractivity contribution in [3.05, 3.63) is 12.0 Å². The summed E-state index contributed by atoms with van der Waals surface area (Å²) in [5.74, 6) is 0.732. The highest BCUT2D eigenvalue weighted by Crippen LogP contribution is 2.25. The SMILES string of the molecule is CCCNc1ncc(F)c(NCC(C)C(C)(C)C)n1. The van der Waals surface area contributed by atoms with Crippen LogP contribution in [0.1, 0.15) is 41.0 Å². The van der Waals surface area contributed by atoms with Gasteiger partial charge in [0.05, 0.1) is 6.20 Å².